The minimum Gasteiger partial charge on any atom is -0.390 e. The molecule has 2 unspecified atom stereocenters. The lowest BCUT2D eigenvalue weighted by Crippen LogP contribution is -2.60. The highest BCUT2D eigenvalue weighted by molar-refractivity contribution is 7.99. The third-order valence-electron chi connectivity index (χ3n) is 4.68. The van der Waals surface area contributed by atoms with E-state index in [4.69, 9.17) is 5.73 Å². The van der Waals surface area contributed by atoms with Crippen molar-refractivity contribution in [1.82, 2.24) is 10.2 Å². The van der Waals surface area contributed by atoms with E-state index in [9.17, 15) is 9.90 Å². The predicted molar refractivity (Wildman–Crippen MR) is 87.1 cm³/mol. The van der Waals surface area contributed by atoms with E-state index in [0.717, 1.165) is 43.7 Å². The molecule has 0 aromatic heterocycles. The summed E-state index contributed by atoms with van der Waals surface area (Å²) in [5.41, 5.74) is 5.12. The highest BCUT2D eigenvalue weighted by atomic mass is 32.2. The lowest BCUT2D eigenvalue weighted by atomic mass is 9.87. The summed E-state index contributed by atoms with van der Waals surface area (Å²) in [6.07, 6.45) is 5.30. The van der Waals surface area contributed by atoms with E-state index in [1.54, 1.807) is 0 Å². The number of thioether (sulfide) groups is 1. The molecule has 2 heterocycles. The molecule has 121 valence electrons. The third-order valence-corrected chi connectivity index (χ3v) is 5.58. The summed E-state index contributed by atoms with van der Waals surface area (Å²) >= 11 is 1.89. The minimum atomic E-state index is -0.540. The van der Waals surface area contributed by atoms with Crippen molar-refractivity contribution >= 4 is 17.7 Å². The molecule has 0 aromatic rings. The predicted octanol–water partition coefficient (Wildman–Crippen LogP) is 0.377. The number of nitrogens with one attached hydrogen (secondary N) is 1. The van der Waals surface area contributed by atoms with Gasteiger partial charge in [0.2, 0.25) is 5.91 Å². The van der Waals surface area contributed by atoms with Gasteiger partial charge in [0.1, 0.15) is 5.54 Å². The van der Waals surface area contributed by atoms with Gasteiger partial charge in [0.15, 0.2) is 0 Å². The van der Waals surface area contributed by atoms with Crippen LogP contribution in [0.25, 0.3) is 0 Å². The van der Waals surface area contributed by atoms with Crippen molar-refractivity contribution in [2.45, 2.75) is 50.3 Å². The molecule has 0 aromatic carbocycles. The van der Waals surface area contributed by atoms with Crippen LogP contribution in [-0.4, -0.2) is 64.7 Å². The van der Waals surface area contributed by atoms with Crippen LogP contribution in [0.2, 0.25) is 0 Å². The number of carbonyl (C=O) groups is 1. The van der Waals surface area contributed by atoms with Gasteiger partial charge in [0.25, 0.3) is 0 Å². The summed E-state index contributed by atoms with van der Waals surface area (Å²) < 4.78 is 0. The van der Waals surface area contributed by atoms with Gasteiger partial charge in [-0.2, -0.15) is 11.8 Å². The van der Waals surface area contributed by atoms with Crippen molar-refractivity contribution in [2.24, 2.45) is 5.73 Å². The molecular weight excluding hydrogens is 286 g/mol. The molecule has 0 saturated carbocycles. The zero-order chi connectivity index (χ0) is 15.3. The molecule has 2 rings (SSSR count). The highest BCUT2D eigenvalue weighted by Gasteiger charge is 2.52. The molecule has 0 aliphatic carbocycles. The Bertz CT molecular complexity index is 352. The van der Waals surface area contributed by atoms with Crippen molar-refractivity contribution in [1.29, 1.82) is 0 Å². The molecule has 5 nitrogen and oxygen atoms in total. The number of aliphatic hydroxyl groups is 1. The summed E-state index contributed by atoms with van der Waals surface area (Å²) in [6, 6.07) is 0.372. The van der Waals surface area contributed by atoms with Gasteiger partial charge in [-0.25, -0.2) is 0 Å². The summed E-state index contributed by atoms with van der Waals surface area (Å²) in [7, 11) is 0. The number of β-amino-alcohol motifs (C(OH)–C–C–N with tert-alkyl or cyclic N) is 1. The molecule has 4 N–H and O–H groups in total. The zero-order valence-corrected chi connectivity index (χ0v) is 13.7. The molecule has 2 aliphatic heterocycles. The van der Waals surface area contributed by atoms with E-state index >= 15 is 0 Å². The Morgan fingerprint density at radius 2 is 2.48 bits per heavy atom. The van der Waals surface area contributed by atoms with Crippen molar-refractivity contribution in [3.05, 3.63) is 6.42 Å². The normalized spacial score (nSPS) is 30.5. The Hall–Kier alpha value is -0.300. The van der Waals surface area contributed by atoms with Crippen LogP contribution < -0.4 is 11.1 Å². The number of carbonyl (C=O) groups excluding carboxylic acids is 1. The Morgan fingerprint density at radius 1 is 1.67 bits per heavy atom. The lowest BCUT2D eigenvalue weighted by Gasteiger charge is -2.43. The first kappa shape index (κ1) is 17.1. The molecule has 3 atom stereocenters. The number of rotatable bonds is 9. The quantitative estimate of drug-likeness (QED) is 0.536. The number of aliphatic hydroxyl groups excluding tert-OH is 1. The Balaban J connectivity index is 1.82. The monoisotopic (exact) mass is 314 g/mol. The average molecular weight is 314 g/mol. The molecule has 6 heteroatoms. The summed E-state index contributed by atoms with van der Waals surface area (Å²) in [5.74, 6) is 1.95. The number of hydrogen-bond acceptors (Lipinski definition) is 5. The summed E-state index contributed by atoms with van der Waals surface area (Å²) in [4.78, 5) is 14.1. The number of piperidine rings is 1. The van der Waals surface area contributed by atoms with Gasteiger partial charge in [-0.05, 0) is 37.9 Å². The van der Waals surface area contributed by atoms with Gasteiger partial charge in [0, 0.05) is 31.4 Å². The maximum Gasteiger partial charge on any atom is 0.237 e. The fraction of sp³-hybridized carbons (Fsp3) is 0.867. The summed E-state index contributed by atoms with van der Waals surface area (Å²) in [6.45, 7) is 4.17. The topological polar surface area (TPSA) is 78.6 Å². The third kappa shape index (κ3) is 3.92. The van der Waals surface area contributed by atoms with Crippen LogP contribution in [0.5, 0.6) is 0 Å². The van der Waals surface area contributed by atoms with E-state index in [0.29, 0.717) is 19.1 Å². The molecule has 1 amide bonds. The van der Waals surface area contributed by atoms with Gasteiger partial charge < -0.3 is 16.2 Å². The van der Waals surface area contributed by atoms with Gasteiger partial charge >= 0.3 is 0 Å². The van der Waals surface area contributed by atoms with Gasteiger partial charge in [-0.1, -0.05) is 6.92 Å². The fourth-order valence-electron chi connectivity index (χ4n) is 3.57. The molecule has 21 heavy (non-hydrogen) atoms. The highest BCUT2D eigenvalue weighted by Crippen LogP contribution is 2.43. The van der Waals surface area contributed by atoms with Crippen LogP contribution in [0, 0.1) is 6.42 Å². The molecule has 0 spiro atoms. The number of amides is 1. The second-order valence-electron chi connectivity index (χ2n) is 6.02. The lowest BCUT2D eigenvalue weighted by molar-refractivity contribution is -0.131. The molecular formula is C15H28N3O2S. The van der Waals surface area contributed by atoms with E-state index < -0.39 is 11.6 Å². The minimum absolute atomic E-state index is 0.236. The number of nitrogens with two attached hydrogens (primary N) is 1. The fourth-order valence-corrected chi connectivity index (χ4v) is 4.15. The van der Waals surface area contributed by atoms with Gasteiger partial charge in [-0.15, -0.1) is 0 Å². The van der Waals surface area contributed by atoms with Crippen LogP contribution in [0.4, 0.5) is 0 Å². The Labute approximate surface area is 132 Å². The van der Waals surface area contributed by atoms with Crippen LogP contribution in [0.3, 0.4) is 0 Å². The average Bonchev–Trinajstić information content (AvgIpc) is 2.67. The molecule has 1 radical (unpaired) electrons. The smallest absolute Gasteiger partial charge is 0.237 e. The first-order valence-corrected chi connectivity index (χ1v) is 9.10. The van der Waals surface area contributed by atoms with E-state index in [-0.39, 0.29) is 5.91 Å². The maximum atomic E-state index is 11.9. The van der Waals surface area contributed by atoms with Crippen LogP contribution in [0.15, 0.2) is 0 Å². The SMILES string of the molecule is CCSCCNCC(O)CN1C2C[CH]C[C@@]1(C(N)=O)CC2. The van der Waals surface area contributed by atoms with Gasteiger partial charge in [0.05, 0.1) is 6.10 Å². The van der Waals surface area contributed by atoms with E-state index in [2.05, 4.69) is 23.6 Å². The Morgan fingerprint density at radius 3 is 3.19 bits per heavy atom. The van der Waals surface area contributed by atoms with Crippen LogP contribution in [0.1, 0.15) is 32.6 Å². The van der Waals surface area contributed by atoms with Crippen molar-refractivity contribution in [3.8, 4) is 0 Å². The second kappa shape index (κ2) is 7.81. The van der Waals surface area contributed by atoms with E-state index in [1.165, 1.54) is 0 Å². The van der Waals surface area contributed by atoms with Crippen molar-refractivity contribution in [2.75, 3.05) is 31.1 Å². The first-order valence-electron chi connectivity index (χ1n) is 7.95. The van der Waals surface area contributed by atoms with Crippen molar-refractivity contribution < 1.29 is 9.90 Å². The van der Waals surface area contributed by atoms with Crippen molar-refractivity contribution in [3.63, 3.8) is 0 Å². The number of fused-ring (bicyclic) bond motifs is 2. The molecule has 2 bridgehead atoms. The maximum absolute atomic E-state index is 11.9. The second-order valence-corrected chi connectivity index (χ2v) is 7.42. The Kier molecular flexibility index (Phi) is 6.34. The van der Waals surface area contributed by atoms with E-state index in [1.807, 2.05) is 11.8 Å². The zero-order valence-electron chi connectivity index (χ0n) is 12.9. The number of primary amides is 1. The number of nitrogens with zero attached hydrogens (tertiary/aromatic N) is 1. The first-order chi connectivity index (χ1) is 10.1. The summed E-state index contributed by atoms with van der Waals surface area (Å²) in [5, 5.41) is 13.5. The standard InChI is InChI=1S/C15H28N3O2S/c1-2-21-9-8-17-10-13(19)11-18-12-4-3-6-15(18,7-5-12)14(16)20/h3,12-13,17,19H,2,4-11H2,1H3,(H2,16,20)/t12?,13?,15-/m0/s1. The van der Waals surface area contributed by atoms with Crippen LogP contribution in [-0.2, 0) is 4.79 Å². The molecule has 2 aliphatic rings. The van der Waals surface area contributed by atoms with Crippen LogP contribution >= 0.6 is 11.8 Å². The molecule has 2 saturated heterocycles. The molecule has 2 fully saturated rings. The number of hydrogen-bond donors (Lipinski definition) is 3. The largest absolute Gasteiger partial charge is 0.390 e. The van der Waals surface area contributed by atoms with Gasteiger partial charge in [-0.3, -0.25) is 9.69 Å².